The summed E-state index contributed by atoms with van der Waals surface area (Å²) in [6, 6.07) is 15.8. The van der Waals surface area contributed by atoms with Crippen LogP contribution >= 0.6 is 0 Å². The maximum Gasteiger partial charge on any atom is 0.251 e. The molecule has 1 atom stereocenters. The molecule has 0 aromatic heterocycles. The van der Waals surface area contributed by atoms with Crippen LogP contribution in [-0.4, -0.2) is 60.4 Å². The summed E-state index contributed by atoms with van der Waals surface area (Å²) < 4.78 is 0. The summed E-state index contributed by atoms with van der Waals surface area (Å²) in [5.74, 6) is -0.162. The lowest BCUT2D eigenvalue weighted by Gasteiger charge is -2.36. The summed E-state index contributed by atoms with van der Waals surface area (Å²) in [4.78, 5) is 31.9. The van der Waals surface area contributed by atoms with Crippen molar-refractivity contribution in [1.29, 1.82) is 0 Å². The maximum absolute atomic E-state index is 13.2. The highest BCUT2D eigenvalue weighted by Gasteiger charge is 2.44. The lowest BCUT2D eigenvalue weighted by Crippen LogP contribution is -2.52. The van der Waals surface area contributed by atoms with E-state index in [1.54, 1.807) is 0 Å². The Kier molecular flexibility index (Phi) is 6.11. The summed E-state index contributed by atoms with van der Waals surface area (Å²) >= 11 is 0. The highest BCUT2D eigenvalue weighted by molar-refractivity contribution is 6.23. The molecule has 2 aromatic rings. The quantitative estimate of drug-likeness (QED) is 0.719. The van der Waals surface area contributed by atoms with Crippen molar-refractivity contribution in [3.05, 3.63) is 71.3 Å². The molecule has 2 fully saturated rings. The highest BCUT2D eigenvalue weighted by atomic mass is 16.2. The molecule has 4 rings (SSSR count). The SMILES string of the molecule is Cc1cccc(C)c1N1C(=O)C[C@H](N2CCN(C/C=C/c3ccccc3)CC2)C1=O. The van der Waals surface area contributed by atoms with Gasteiger partial charge in [-0.3, -0.25) is 19.4 Å². The number of benzene rings is 2. The van der Waals surface area contributed by atoms with Gasteiger partial charge in [0.25, 0.3) is 5.91 Å². The van der Waals surface area contributed by atoms with E-state index in [1.807, 2.05) is 50.2 Å². The predicted molar refractivity (Wildman–Crippen MR) is 120 cm³/mol. The predicted octanol–water partition coefficient (Wildman–Crippen LogP) is 3.27. The number of carbonyl (C=O) groups is 2. The number of aryl methyl sites for hydroxylation is 2. The molecule has 2 heterocycles. The van der Waals surface area contributed by atoms with Crippen molar-refractivity contribution < 1.29 is 9.59 Å². The first-order valence-electron chi connectivity index (χ1n) is 10.7. The Balaban J connectivity index is 1.35. The van der Waals surface area contributed by atoms with E-state index in [0.717, 1.165) is 49.5 Å². The van der Waals surface area contributed by atoms with E-state index >= 15 is 0 Å². The number of carbonyl (C=O) groups excluding carboxylic acids is 2. The summed E-state index contributed by atoms with van der Waals surface area (Å²) in [7, 11) is 0. The number of anilines is 1. The van der Waals surface area contributed by atoms with Gasteiger partial charge in [0, 0.05) is 32.7 Å². The average Bonchev–Trinajstić information content (AvgIpc) is 3.04. The van der Waals surface area contributed by atoms with E-state index in [9.17, 15) is 9.59 Å². The number of nitrogens with zero attached hydrogens (tertiary/aromatic N) is 3. The van der Waals surface area contributed by atoms with Crippen molar-refractivity contribution >= 4 is 23.6 Å². The smallest absolute Gasteiger partial charge is 0.251 e. The minimum Gasteiger partial charge on any atom is -0.297 e. The molecule has 0 radical (unpaired) electrons. The minimum atomic E-state index is -0.335. The average molecular weight is 404 g/mol. The number of hydrogen-bond acceptors (Lipinski definition) is 4. The van der Waals surface area contributed by atoms with E-state index in [4.69, 9.17) is 0 Å². The topological polar surface area (TPSA) is 43.9 Å². The first kappa shape index (κ1) is 20.5. The third kappa shape index (κ3) is 4.23. The molecular formula is C25H29N3O2. The fraction of sp³-hybridized carbons (Fsp3) is 0.360. The summed E-state index contributed by atoms with van der Waals surface area (Å²) in [5, 5.41) is 0. The first-order valence-corrected chi connectivity index (χ1v) is 10.7. The second-order valence-corrected chi connectivity index (χ2v) is 8.18. The number of amides is 2. The van der Waals surface area contributed by atoms with Gasteiger partial charge in [-0.1, -0.05) is 60.7 Å². The second-order valence-electron chi connectivity index (χ2n) is 8.18. The van der Waals surface area contributed by atoms with Gasteiger partial charge in [-0.25, -0.2) is 4.90 Å². The molecule has 0 saturated carbocycles. The normalized spacial score (nSPS) is 21.1. The number of hydrogen-bond donors (Lipinski definition) is 0. The minimum absolute atomic E-state index is 0.0742. The van der Waals surface area contributed by atoms with Crippen LogP contribution in [0.25, 0.3) is 6.08 Å². The van der Waals surface area contributed by atoms with Gasteiger partial charge >= 0.3 is 0 Å². The first-order chi connectivity index (χ1) is 14.5. The van der Waals surface area contributed by atoms with Crippen LogP contribution in [0.1, 0.15) is 23.1 Å². The van der Waals surface area contributed by atoms with Gasteiger partial charge in [0.2, 0.25) is 5.91 Å². The van der Waals surface area contributed by atoms with Crippen molar-refractivity contribution in [2.75, 3.05) is 37.6 Å². The Labute approximate surface area is 178 Å². The van der Waals surface area contributed by atoms with Crippen LogP contribution in [0, 0.1) is 13.8 Å². The zero-order chi connectivity index (χ0) is 21.1. The van der Waals surface area contributed by atoms with Crippen LogP contribution in [0.2, 0.25) is 0 Å². The lowest BCUT2D eigenvalue weighted by molar-refractivity contribution is -0.123. The van der Waals surface area contributed by atoms with Crippen molar-refractivity contribution in [2.24, 2.45) is 0 Å². The zero-order valence-corrected chi connectivity index (χ0v) is 17.8. The van der Waals surface area contributed by atoms with Crippen LogP contribution in [-0.2, 0) is 9.59 Å². The third-order valence-electron chi connectivity index (χ3n) is 6.11. The van der Waals surface area contributed by atoms with Crippen LogP contribution in [0.15, 0.2) is 54.6 Å². The van der Waals surface area contributed by atoms with E-state index in [-0.39, 0.29) is 24.3 Å². The molecule has 0 bridgehead atoms. The molecule has 2 saturated heterocycles. The monoisotopic (exact) mass is 403 g/mol. The molecule has 5 heteroatoms. The number of rotatable bonds is 5. The number of imide groups is 1. The maximum atomic E-state index is 13.2. The molecule has 156 valence electrons. The molecule has 30 heavy (non-hydrogen) atoms. The fourth-order valence-corrected chi connectivity index (χ4v) is 4.45. The molecule has 2 amide bonds. The molecule has 5 nitrogen and oxygen atoms in total. The fourth-order valence-electron chi connectivity index (χ4n) is 4.45. The van der Waals surface area contributed by atoms with Gasteiger partial charge in [-0.05, 0) is 30.5 Å². The van der Waals surface area contributed by atoms with Gasteiger partial charge in [-0.2, -0.15) is 0 Å². The standard InChI is InChI=1S/C25H29N3O2/c1-19-8-6-9-20(2)24(19)28-23(29)18-22(25(28)30)27-16-14-26(15-17-27)13-7-12-21-10-4-3-5-11-21/h3-12,22H,13-18H2,1-2H3/b12-7+/t22-/m0/s1. The van der Waals surface area contributed by atoms with Crippen LogP contribution in [0.3, 0.4) is 0 Å². The van der Waals surface area contributed by atoms with Crippen molar-refractivity contribution in [3.8, 4) is 0 Å². The Morgan fingerprint density at radius 3 is 2.23 bits per heavy atom. The highest BCUT2D eigenvalue weighted by Crippen LogP contribution is 2.31. The molecule has 2 aromatic carbocycles. The zero-order valence-electron chi connectivity index (χ0n) is 17.8. The van der Waals surface area contributed by atoms with Crippen molar-refractivity contribution in [3.63, 3.8) is 0 Å². The Morgan fingerprint density at radius 2 is 1.57 bits per heavy atom. The van der Waals surface area contributed by atoms with Gasteiger partial charge in [0.1, 0.15) is 0 Å². The Morgan fingerprint density at radius 1 is 0.900 bits per heavy atom. The van der Waals surface area contributed by atoms with Crippen LogP contribution in [0.5, 0.6) is 0 Å². The van der Waals surface area contributed by atoms with Gasteiger partial charge < -0.3 is 0 Å². The summed E-state index contributed by atoms with van der Waals surface area (Å²) in [6.07, 6.45) is 4.62. The van der Waals surface area contributed by atoms with Crippen molar-refractivity contribution in [2.45, 2.75) is 26.3 Å². The summed E-state index contributed by atoms with van der Waals surface area (Å²) in [6.45, 7) is 8.23. The van der Waals surface area contributed by atoms with Gasteiger partial charge in [0.05, 0.1) is 18.2 Å². The Bertz CT molecular complexity index is 926. The molecule has 0 N–H and O–H groups in total. The Hall–Kier alpha value is -2.76. The molecule has 0 aliphatic carbocycles. The van der Waals surface area contributed by atoms with Crippen LogP contribution in [0.4, 0.5) is 5.69 Å². The van der Waals surface area contributed by atoms with E-state index < -0.39 is 0 Å². The molecule has 2 aliphatic rings. The third-order valence-corrected chi connectivity index (χ3v) is 6.11. The van der Waals surface area contributed by atoms with E-state index in [1.165, 1.54) is 10.5 Å². The van der Waals surface area contributed by atoms with E-state index in [2.05, 4.69) is 34.1 Å². The number of piperazine rings is 1. The second kappa shape index (κ2) is 8.94. The molecule has 2 aliphatic heterocycles. The molecule has 0 unspecified atom stereocenters. The number of para-hydroxylation sites is 1. The van der Waals surface area contributed by atoms with Gasteiger partial charge in [-0.15, -0.1) is 0 Å². The van der Waals surface area contributed by atoms with Gasteiger partial charge in [0.15, 0.2) is 0 Å². The molecular weight excluding hydrogens is 374 g/mol. The lowest BCUT2D eigenvalue weighted by atomic mass is 10.1. The van der Waals surface area contributed by atoms with Crippen molar-refractivity contribution in [1.82, 2.24) is 9.80 Å². The largest absolute Gasteiger partial charge is 0.297 e. The summed E-state index contributed by atoms with van der Waals surface area (Å²) in [5.41, 5.74) is 3.90. The van der Waals surface area contributed by atoms with Crippen LogP contribution < -0.4 is 4.90 Å². The van der Waals surface area contributed by atoms with E-state index in [0.29, 0.717) is 0 Å². The molecule has 0 spiro atoms.